The van der Waals surface area contributed by atoms with Crippen molar-refractivity contribution < 1.29 is 17.9 Å². The predicted molar refractivity (Wildman–Crippen MR) is 167 cm³/mol. The number of nitriles is 1. The lowest BCUT2D eigenvalue weighted by Gasteiger charge is -2.28. The molecule has 0 aliphatic carbocycles. The van der Waals surface area contributed by atoms with E-state index in [4.69, 9.17) is 9.47 Å². The van der Waals surface area contributed by atoms with E-state index < -0.39 is 10.0 Å². The number of nitrogens with one attached hydrogen (secondary N) is 1. The van der Waals surface area contributed by atoms with Gasteiger partial charge in [-0.3, -0.25) is 0 Å². The Morgan fingerprint density at radius 3 is 2.45 bits per heavy atom. The Labute approximate surface area is 255 Å². The SMILES string of the molecule is N#Cc1cc(-c2ncnc3c2cc(-c2ccc(N4CCOCC4)cc2)n3S(=O)(=O)c2ccccc2)ccc1OC1CCNC1. The number of benzene rings is 3. The summed E-state index contributed by atoms with van der Waals surface area (Å²) in [6.07, 6.45) is 2.24. The average molecular weight is 607 g/mol. The Morgan fingerprint density at radius 1 is 0.955 bits per heavy atom. The minimum absolute atomic E-state index is 0.00752. The van der Waals surface area contributed by atoms with Gasteiger partial charge < -0.3 is 19.7 Å². The summed E-state index contributed by atoms with van der Waals surface area (Å²) < 4.78 is 41.3. The fourth-order valence-electron chi connectivity index (χ4n) is 5.80. The van der Waals surface area contributed by atoms with Crippen LogP contribution < -0.4 is 15.0 Å². The molecule has 1 N–H and O–H groups in total. The highest BCUT2D eigenvalue weighted by Crippen LogP contribution is 2.37. The molecule has 44 heavy (non-hydrogen) atoms. The van der Waals surface area contributed by atoms with Crippen LogP contribution in [0.15, 0.2) is 90.1 Å². The zero-order chi connectivity index (χ0) is 30.1. The van der Waals surface area contributed by atoms with E-state index in [1.807, 2.05) is 36.4 Å². The molecule has 0 saturated carbocycles. The molecule has 2 fully saturated rings. The van der Waals surface area contributed by atoms with Crippen LogP contribution in [-0.4, -0.2) is 67.9 Å². The summed E-state index contributed by atoms with van der Waals surface area (Å²) in [6.45, 7) is 4.56. The van der Waals surface area contributed by atoms with Crippen molar-refractivity contribution in [1.29, 1.82) is 5.26 Å². The van der Waals surface area contributed by atoms with Gasteiger partial charge in [-0.2, -0.15) is 5.26 Å². The maximum absolute atomic E-state index is 14.2. The van der Waals surface area contributed by atoms with Gasteiger partial charge in [0.2, 0.25) is 0 Å². The van der Waals surface area contributed by atoms with Crippen LogP contribution in [0.3, 0.4) is 0 Å². The third kappa shape index (κ3) is 5.17. The minimum Gasteiger partial charge on any atom is -0.488 e. The quantitative estimate of drug-likeness (QED) is 0.286. The van der Waals surface area contributed by atoms with E-state index in [1.165, 1.54) is 10.3 Å². The molecule has 11 heteroatoms. The summed E-state index contributed by atoms with van der Waals surface area (Å²) in [6, 6.07) is 25.6. The predicted octanol–water partition coefficient (Wildman–Crippen LogP) is 4.45. The first kappa shape index (κ1) is 28.0. The molecule has 0 bridgehead atoms. The second-order valence-electron chi connectivity index (χ2n) is 10.8. The molecular weight excluding hydrogens is 576 g/mol. The van der Waals surface area contributed by atoms with Crippen molar-refractivity contribution in [3.63, 3.8) is 0 Å². The number of aromatic nitrogens is 3. The van der Waals surface area contributed by atoms with Gasteiger partial charge >= 0.3 is 0 Å². The summed E-state index contributed by atoms with van der Waals surface area (Å²) in [5, 5.41) is 13.8. The first-order chi connectivity index (χ1) is 21.5. The van der Waals surface area contributed by atoms with E-state index in [0.29, 0.717) is 46.9 Å². The average Bonchev–Trinajstić information content (AvgIpc) is 3.74. The van der Waals surface area contributed by atoms with Crippen LogP contribution >= 0.6 is 0 Å². The van der Waals surface area contributed by atoms with E-state index in [-0.39, 0.29) is 16.6 Å². The molecule has 1 unspecified atom stereocenters. The van der Waals surface area contributed by atoms with Crippen LogP contribution in [0.2, 0.25) is 0 Å². The van der Waals surface area contributed by atoms with Gasteiger partial charge in [0.15, 0.2) is 5.65 Å². The molecule has 2 aliphatic rings. The second kappa shape index (κ2) is 11.7. The highest BCUT2D eigenvalue weighted by molar-refractivity contribution is 7.90. The van der Waals surface area contributed by atoms with E-state index in [9.17, 15) is 13.7 Å². The Hall–Kier alpha value is -4.76. The van der Waals surface area contributed by atoms with Crippen molar-refractivity contribution in [1.82, 2.24) is 19.3 Å². The maximum atomic E-state index is 14.2. The molecule has 0 radical (unpaired) electrons. The van der Waals surface area contributed by atoms with E-state index in [0.717, 1.165) is 43.9 Å². The van der Waals surface area contributed by atoms with Gasteiger partial charge in [0, 0.05) is 36.3 Å². The van der Waals surface area contributed by atoms with Gasteiger partial charge in [-0.1, -0.05) is 30.3 Å². The fourth-order valence-corrected chi connectivity index (χ4v) is 7.30. The van der Waals surface area contributed by atoms with Gasteiger partial charge in [-0.15, -0.1) is 0 Å². The summed E-state index contributed by atoms with van der Waals surface area (Å²) in [5.41, 5.74) is 4.05. The largest absolute Gasteiger partial charge is 0.488 e. The van der Waals surface area contributed by atoms with Crippen LogP contribution in [0.5, 0.6) is 5.75 Å². The van der Waals surface area contributed by atoms with Gasteiger partial charge in [0.1, 0.15) is 24.3 Å². The lowest BCUT2D eigenvalue weighted by atomic mass is 10.0. The molecule has 2 aromatic heterocycles. The minimum atomic E-state index is -4.04. The molecule has 222 valence electrons. The standard InChI is InChI=1S/C33H30N6O4S/c34-20-25-18-24(8-11-31(25)43-27-12-13-35-21-27)32-29-19-30(23-6-9-26(10-7-23)38-14-16-42-17-15-38)39(33(29)37-22-36-32)44(40,41)28-4-2-1-3-5-28/h1-11,18-19,22,27,35H,12-17,21H2. The van der Waals surface area contributed by atoms with Gasteiger partial charge in [0.05, 0.1) is 35.1 Å². The van der Waals surface area contributed by atoms with E-state index in [2.05, 4.69) is 26.3 Å². The number of hydrogen-bond acceptors (Lipinski definition) is 9. The zero-order valence-corrected chi connectivity index (χ0v) is 24.7. The van der Waals surface area contributed by atoms with Gasteiger partial charge in [-0.25, -0.2) is 22.4 Å². The second-order valence-corrected chi connectivity index (χ2v) is 12.6. The summed E-state index contributed by atoms with van der Waals surface area (Å²) in [4.78, 5) is 11.4. The highest BCUT2D eigenvalue weighted by Gasteiger charge is 2.27. The number of rotatable bonds is 7. The molecule has 7 rings (SSSR count). The number of nitrogens with zero attached hydrogens (tertiary/aromatic N) is 5. The third-order valence-corrected chi connectivity index (χ3v) is 9.78. The fraction of sp³-hybridized carbons (Fsp3) is 0.242. The van der Waals surface area contributed by atoms with Crippen LogP contribution in [0.25, 0.3) is 33.5 Å². The number of fused-ring (bicyclic) bond motifs is 1. The Balaban J connectivity index is 1.37. The van der Waals surface area contributed by atoms with Crippen LogP contribution in [0.4, 0.5) is 5.69 Å². The molecule has 10 nitrogen and oxygen atoms in total. The van der Waals surface area contributed by atoms with Gasteiger partial charge in [0.25, 0.3) is 10.0 Å². The number of morpholine rings is 1. The molecular formula is C33H30N6O4S. The Kier molecular flexibility index (Phi) is 7.47. The molecule has 4 heterocycles. The first-order valence-electron chi connectivity index (χ1n) is 14.5. The topological polar surface area (TPSA) is 122 Å². The maximum Gasteiger partial charge on any atom is 0.269 e. The van der Waals surface area contributed by atoms with Crippen molar-refractivity contribution >= 4 is 26.7 Å². The van der Waals surface area contributed by atoms with Crippen molar-refractivity contribution in [2.75, 3.05) is 44.3 Å². The molecule has 1 atom stereocenters. The number of hydrogen-bond donors (Lipinski definition) is 1. The number of anilines is 1. The Morgan fingerprint density at radius 2 is 1.73 bits per heavy atom. The Bertz CT molecular complexity index is 1960. The zero-order valence-electron chi connectivity index (χ0n) is 23.9. The molecule has 2 saturated heterocycles. The normalized spacial score (nSPS) is 17.1. The van der Waals surface area contributed by atoms with E-state index >= 15 is 0 Å². The summed E-state index contributed by atoms with van der Waals surface area (Å²) in [5.74, 6) is 0.514. The third-order valence-electron chi connectivity index (χ3n) is 8.06. The van der Waals surface area contributed by atoms with E-state index in [1.54, 1.807) is 42.5 Å². The smallest absolute Gasteiger partial charge is 0.269 e. The highest BCUT2D eigenvalue weighted by atomic mass is 32.2. The molecule has 0 spiro atoms. The molecule has 3 aromatic carbocycles. The van der Waals surface area contributed by atoms with Crippen molar-refractivity contribution in [3.8, 4) is 34.3 Å². The lowest BCUT2D eigenvalue weighted by Crippen LogP contribution is -2.36. The van der Waals surface area contributed by atoms with Gasteiger partial charge in [-0.05, 0) is 67.1 Å². The molecule has 0 amide bonds. The van der Waals surface area contributed by atoms with Crippen LogP contribution in [0.1, 0.15) is 12.0 Å². The first-order valence-corrected chi connectivity index (χ1v) is 16.0. The lowest BCUT2D eigenvalue weighted by molar-refractivity contribution is 0.122. The summed E-state index contributed by atoms with van der Waals surface area (Å²) >= 11 is 0. The van der Waals surface area contributed by atoms with Crippen molar-refractivity contribution in [2.45, 2.75) is 17.4 Å². The molecule has 2 aliphatic heterocycles. The van der Waals surface area contributed by atoms with Crippen LogP contribution in [0, 0.1) is 11.3 Å². The number of ether oxygens (including phenoxy) is 2. The van der Waals surface area contributed by atoms with Crippen molar-refractivity contribution in [2.24, 2.45) is 0 Å². The summed E-state index contributed by atoms with van der Waals surface area (Å²) in [7, 11) is -4.04. The molecule has 5 aromatic rings. The van der Waals surface area contributed by atoms with Crippen molar-refractivity contribution in [3.05, 3.63) is 90.8 Å². The monoisotopic (exact) mass is 606 g/mol. The van der Waals surface area contributed by atoms with Crippen LogP contribution in [-0.2, 0) is 14.8 Å².